The molecular formula is C26H29NO3. The molecule has 30 heavy (non-hydrogen) atoms. The fourth-order valence-corrected chi connectivity index (χ4v) is 6.90. The highest BCUT2D eigenvalue weighted by Crippen LogP contribution is 2.61. The van der Waals surface area contributed by atoms with Crippen LogP contribution in [-0.4, -0.2) is 16.9 Å². The highest BCUT2D eigenvalue weighted by atomic mass is 16.5. The van der Waals surface area contributed by atoms with Gasteiger partial charge in [0, 0.05) is 23.3 Å². The van der Waals surface area contributed by atoms with Crippen molar-refractivity contribution in [3.05, 3.63) is 71.3 Å². The molecule has 1 atom stereocenters. The second kappa shape index (κ2) is 7.66. The van der Waals surface area contributed by atoms with E-state index >= 15 is 0 Å². The normalized spacial score (nSPS) is 30.1. The van der Waals surface area contributed by atoms with Crippen molar-refractivity contribution in [1.29, 1.82) is 0 Å². The van der Waals surface area contributed by atoms with Crippen LogP contribution in [-0.2, 0) is 4.79 Å². The molecule has 2 N–H and O–H groups in total. The molecule has 4 aliphatic rings. The molecule has 0 unspecified atom stereocenters. The molecule has 0 saturated heterocycles. The van der Waals surface area contributed by atoms with Gasteiger partial charge in [-0.05, 0) is 79.5 Å². The quantitative estimate of drug-likeness (QED) is 0.520. The maximum atomic E-state index is 13.8. The first-order valence-electron chi connectivity index (χ1n) is 11.2. The van der Waals surface area contributed by atoms with Crippen LogP contribution in [0.1, 0.15) is 72.3 Å². The molecule has 0 spiro atoms. The topological polar surface area (TPSA) is 66.4 Å². The van der Waals surface area contributed by atoms with Crippen LogP contribution in [0.25, 0.3) is 0 Å². The van der Waals surface area contributed by atoms with Crippen LogP contribution in [0.15, 0.2) is 54.6 Å². The largest absolute Gasteiger partial charge is 0.299 e. The van der Waals surface area contributed by atoms with Gasteiger partial charge in [-0.15, -0.1) is 0 Å². The summed E-state index contributed by atoms with van der Waals surface area (Å²) in [5.41, 5.74) is 4.15. The smallest absolute Gasteiger partial charge is 0.274 e. The summed E-state index contributed by atoms with van der Waals surface area (Å²) < 4.78 is 0. The average Bonchev–Trinajstić information content (AvgIpc) is 2.76. The molecule has 2 aromatic rings. The number of hydroxylamine groups is 1. The minimum Gasteiger partial charge on any atom is -0.299 e. The Kier molecular flexibility index (Phi) is 4.98. The molecule has 4 nitrogen and oxygen atoms in total. The summed E-state index contributed by atoms with van der Waals surface area (Å²) in [5.74, 6) is 2.16. The molecule has 0 radical (unpaired) electrons. The number of benzene rings is 2. The first-order valence-corrected chi connectivity index (χ1v) is 11.2. The average molecular weight is 404 g/mol. The number of amides is 1. The third kappa shape index (κ3) is 3.47. The number of rotatable bonds is 6. The zero-order valence-electron chi connectivity index (χ0n) is 17.2. The summed E-state index contributed by atoms with van der Waals surface area (Å²) in [5, 5.41) is 8.87. The lowest BCUT2D eigenvalue weighted by Gasteiger charge is -2.56. The first-order chi connectivity index (χ1) is 14.6. The van der Waals surface area contributed by atoms with Gasteiger partial charge in [-0.2, -0.15) is 0 Å². The van der Waals surface area contributed by atoms with Crippen molar-refractivity contribution in [1.82, 2.24) is 5.48 Å². The Morgan fingerprint density at radius 1 is 0.867 bits per heavy atom. The minimum atomic E-state index is -0.526. The van der Waals surface area contributed by atoms with Crippen LogP contribution in [0.4, 0.5) is 0 Å². The van der Waals surface area contributed by atoms with Crippen LogP contribution < -0.4 is 5.48 Å². The van der Waals surface area contributed by atoms with Crippen molar-refractivity contribution in [3.8, 4) is 0 Å². The maximum Gasteiger partial charge on any atom is 0.274 e. The molecular weight excluding hydrogens is 374 g/mol. The van der Waals surface area contributed by atoms with Crippen molar-refractivity contribution in [2.45, 2.75) is 50.9 Å². The number of ketones is 1. The van der Waals surface area contributed by atoms with Crippen molar-refractivity contribution >= 4 is 11.7 Å². The number of nitrogens with one attached hydrogen (secondary N) is 1. The molecule has 4 heteroatoms. The number of Topliss-reactive ketones (excluding diaryl/α,β-unsaturated/α-hetero) is 1. The summed E-state index contributed by atoms with van der Waals surface area (Å²) in [6, 6.07) is 17.5. The predicted octanol–water partition coefficient (Wildman–Crippen LogP) is 5.11. The summed E-state index contributed by atoms with van der Waals surface area (Å²) in [7, 11) is 0. The fraction of sp³-hybridized carbons (Fsp3) is 0.462. The van der Waals surface area contributed by atoms with E-state index in [2.05, 4.69) is 12.1 Å². The summed E-state index contributed by atoms with van der Waals surface area (Å²) in [4.78, 5) is 25.5. The second-order valence-corrected chi connectivity index (χ2v) is 9.85. The zero-order valence-corrected chi connectivity index (χ0v) is 17.2. The van der Waals surface area contributed by atoms with Crippen LogP contribution in [0.5, 0.6) is 0 Å². The molecule has 156 valence electrons. The van der Waals surface area contributed by atoms with Crippen LogP contribution in [0.2, 0.25) is 0 Å². The Labute approximate surface area is 177 Å². The van der Waals surface area contributed by atoms with E-state index < -0.39 is 5.91 Å². The monoisotopic (exact) mass is 403 g/mol. The second-order valence-electron chi connectivity index (χ2n) is 9.85. The van der Waals surface area contributed by atoms with Gasteiger partial charge in [-0.25, -0.2) is 5.48 Å². The van der Waals surface area contributed by atoms with Gasteiger partial charge in [-0.1, -0.05) is 42.5 Å². The lowest BCUT2D eigenvalue weighted by molar-refractivity contribution is -0.144. The van der Waals surface area contributed by atoms with Gasteiger partial charge in [0.25, 0.3) is 5.91 Å². The molecule has 6 rings (SSSR count). The molecule has 0 aromatic heterocycles. The van der Waals surface area contributed by atoms with Gasteiger partial charge in [0.05, 0.1) is 0 Å². The van der Waals surface area contributed by atoms with Gasteiger partial charge >= 0.3 is 0 Å². The maximum absolute atomic E-state index is 13.8. The number of hydrogen-bond donors (Lipinski definition) is 2. The van der Waals surface area contributed by atoms with E-state index in [4.69, 9.17) is 5.21 Å². The minimum absolute atomic E-state index is 0.0158. The van der Waals surface area contributed by atoms with E-state index in [1.54, 1.807) is 17.6 Å². The van der Waals surface area contributed by atoms with E-state index in [1.807, 2.05) is 30.3 Å². The van der Waals surface area contributed by atoms with Crippen molar-refractivity contribution in [2.75, 3.05) is 0 Å². The summed E-state index contributed by atoms with van der Waals surface area (Å²) in [6.45, 7) is 0. The molecule has 0 aliphatic heterocycles. The highest BCUT2D eigenvalue weighted by Gasteiger charge is 2.54. The van der Waals surface area contributed by atoms with E-state index in [0.717, 1.165) is 48.1 Å². The Bertz CT molecular complexity index is 899. The van der Waals surface area contributed by atoms with Crippen molar-refractivity contribution in [2.24, 2.45) is 23.2 Å². The molecule has 4 aliphatic carbocycles. The molecule has 4 fully saturated rings. The molecule has 4 bridgehead atoms. The van der Waals surface area contributed by atoms with Crippen LogP contribution in [0, 0.1) is 23.2 Å². The summed E-state index contributed by atoms with van der Waals surface area (Å²) in [6.07, 6.45) is 7.80. The third-order valence-electron chi connectivity index (χ3n) is 7.90. The van der Waals surface area contributed by atoms with Gasteiger partial charge in [0.15, 0.2) is 0 Å². The Hall–Kier alpha value is -2.46. The SMILES string of the molecule is O=C(NO)c1ccc([C@H](CC(=O)C23CC4CC(CC(C4)C2)C3)c2ccccc2)cc1. The molecule has 1 amide bonds. The predicted molar refractivity (Wildman–Crippen MR) is 114 cm³/mol. The molecule has 2 aromatic carbocycles. The van der Waals surface area contributed by atoms with E-state index in [1.165, 1.54) is 19.3 Å². The van der Waals surface area contributed by atoms with E-state index in [0.29, 0.717) is 17.8 Å². The van der Waals surface area contributed by atoms with E-state index in [-0.39, 0.29) is 11.3 Å². The standard InChI is InChI=1S/C26H29NO3/c28-24(26-14-17-10-18(15-26)12-19(11-17)16-26)13-23(20-4-2-1-3-5-20)21-6-8-22(9-7-21)25(29)27-30/h1-9,17-19,23,30H,10-16H2,(H,27,29)/t17?,18?,19?,23-,26?/m1/s1. The fourth-order valence-electron chi connectivity index (χ4n) is 6.90. The zero-order chi connectivity index (χ0) is 20.7. The third-order valence-corrected chi connectivity index (χ3v) is 7.90. The van der Waals surface area contributed by atoms with Crippen molar-refractivity contribution < 1.29 is 14.8 Å². The lowest BCUT2D eigenvalue weighted by atomic mass is 9.48. The van der Waals surface area contributed by atoms with Gasteiger partial charge in [0.2, 0.25) is 0 Å². The first kappa shape index (κ1) is 19.5. The van der Waals surface area contributed by atoms with Gasteiger partial charge in [-0.3, -0.25) is 14.8 Å². The Morgan fingerprint density at radius 2 is 1.40 bits per heavy atom. The number of carbonyl (C=O) groups excluding carboxylic acids is 2. The summed E-state index contributed by atoms with van der Waals surface area (Å²) >= 11 is 0. The van der Waals surface area contributed by atoms with Gasteiger partial charge < -0.3 is 0 Å². The Morgan fingerprint density at radius 3 is 1.93 bits per heavy atom. The molecule has 4 saturated carbocycles. The van der Waals surface area contributed by atoms with Crippen LogP contribution >= 0.6 is 0 Å². The Balaban J connectivity index is 1.43. The van der Waals surface area contributed by atoms with Gasteiger partial charge in [0.1, 0.15) is 5.78 Å². The molecule has 0 heterocycles. The highest BCUT2D eigenvalue weighted by molar-refractivity contribution is 5.93. The number of carbonyl (C=O) groups is 2. The van der Waals surface area contributed by atoms with Crippen molar-refractivity contribution in [3.63, 3.8) is 0 Å². The lowest BCUT2D eigenvalue weighted by Crippen LogP contribution is -2.50. The number of hydrogen-bond acceptors (Lipinski definition) is 3. The van der Waals surface area contributed by atoms with Crippen LogP contribution in [0.3, 0.4) is 0 Å². The van der Waals surface area contributed by atoms with E-state index in [9.17, 15) is 9.59 Å².